The van der Waals surface area contributed by atoms with Gasteiger partial charge in [0.1, 0.15) is 0 Å². The third kappa shape index (κ3) is 4.38. The first-order valence-electron chi connectivity index (χ1n) is 8.76. The lowest BCUT2D eigenvalue weighted by Gasteiger charge is -2.36. The Morgan fingerprint density at radius 2 is 2.28 bits per heavy atom. The Labute approximate surface area is 147 Å². The Balaban J connectivity index is 1.59. The summed E-state index contributed by atoms with van der Waals surface area (Å²) in [6, 6.07) is 6.95. The Morgan fingerprint density at radius 3 is 3.00 bits per heavy atom. The fourth-order valence-electron chi connectivity index (χ4n) is 3.40. The fraction of sp³-hybridized carbons (Fsp3) is 0.474. The number of hydrogen-bond donors (Lipinski definition) is 0. The fourth-order valence-corrected chi connectivity index (χ4v) is 3.40. The van der Waals surface area contributed by atoms with E-state index < -0.39 is 0 Å². The average Bonchev–Trinajstić information content (AvgIpc) is 3.13. The lowest BCUT2D eigenvalue weighted by molar-refractivity contribution is -0.135. The molecule has 2 heterocycles. The molecule has 0 bridgehead atoms. The van der Waals surface area contributed by atoms with Gasteiger partial charge in [-0.2, -0.15) is 5.10 Å². The maximum Gasteiger partial charge on any atom is 0.223 e. The maximum absolute atomic E-state index is 13.8. The number of piperidine rings is 1. The summed E-state index contributed by atoms with van der Waals surface area (Å²) in [7, 11) is 1.44. The van der Waals surface area contributed by atoms with E-state index in [4.69, 9.17) is 4.74 Å². The van der Waals surface area contributed by atoms with Crippen LogP contribution in [-0.4, -0.2) is 40.3 Å². The van der Waals surface area contributed by atoms with Crippen molar-refractivity contribution in [3.63, 3.8) is 0 Å². The van der Waals surface area contributed by atoms with Gasteiger partial charge in [0.15, 0.2) is 11.6 Å². The van der Waals surface area contributed by atoms with Crippen LogP contribution in [0.2, 0.25) is 0 Å². The zero-order valence-electron chi connectivity index (χ0n) is 14.5. The number of halogens is 1. The van der Waals surface area contributed by atoms with Crippen LogP contribution in [0.15, 0.2) is 36.7 Å². The van der Waals surface area contributed by atoms with E-state index in [0.717, 1.165) is 37.9 Å². The lowest BCUT2D eigenvalue weighted by atomic mass is 10.0. The SMILES string of the molecule is COc1ccc(CCC(=O)N2CCCCC2Cn2cccn2)cc1F. The monoisotopic (exact) mass is 345 g/mol. The summed E-state index contributed by atoms with van der Waals surface area (Å²) in [5.41, 5.74) is 0.812. The predicted octanol–water partition coefficient (Wildman–Crippen LogP) is 3.04. The van der Waals surface area contributed by atoms with Crippen LogP contribution in [-0.2, 0) is 17.8 Å². The number of carbonyl (C=O) groups is 1. The van der Waals surface area contributed by atoms with E-state index in [1.165, 1.54) is 13.2 Å². The highest BCUT2D eigenvalue weighted by molar-refractivity contribution is 5.77. The molecule has 1 aliphatic heterocycles. The molecule has 1 aromatic carbocycles. The number of rotatable bonds is 6. The largest absolute Gasteiger partial charge is 0.494 e. The van der Waals surface area contributed by atoms with E-state index in [1.54, 1.807) is 12.3 Å². The number of benzene rings is 1. The topological polar surface area (TPSA) is 47.4 Å². The smallest absolute Gasteiger partial charge is 0.223 e. The van der Waals surface area contributed by atoms with Crippen molar-refractivity contribution in [1.29, 1.82) is 0 Å². The first kappa shape index (κ1) is 17.5. The molecule has 0 N–H and O–H groups in total. The summed E-state index contributed by atoms with van der Waals surface area (Å²) in [5, 5.41) is 4.25. The second-order valence-corrected chi connectivity index (χ2v) is 6.43. The zero-order chi connectivity index (χ0) is 17.6. The number of likely N-dealkylation sites (tertiary alicyclic amines) is 1. The summed E-state index contributed by atoms with van der Waals surface area (Å²) >= 11 is 0. The van der Waals surface area contributed by atoms with Crippen molar-refractivity contribution in [2.75, 3.05) is 13.7 Å². The van der Waals surface area contributed by atoms with Crippen molar-refractivity contribution >= 4 is 5.91 Å². The first-order chi connectivity index (χ1) is 12.2. The van der Waals surface area contributed by atoms with Gasteiger partial charge in [0.2, 0.25) is 5.91 Å². The van der Waals surface area contributed by atoms with Crippen LogP contribution in [0.5, 0.6) is 5.75 Å². The Bertz CT molecular complexity index is 703. The van der Waals surface area contributed by atoms with Crippen molar-refractivity contribution in [1.82, 2.24) is 14.7 Å². The third-order valence-corrected chi connectivity index (χ3v) is 4.75. The molecule has 1 fully saturated rings. The van der Waals surface area contributed by atoms with Crippen molar-refractivity contribution in [2.45, 2.75) is 44.7 Å². The van der Waals surface area contributed by atoms with Crippen molar-refractivity contribution < 1.29 is 13.9 Å². The molecule has 1 aliphatic rings. The number of carbonyl (C=O) groups excluding carboxylic acids is 1. The van der Waals surface area contributed by atoms with Gasteiger partial charge in [0, 0.05) is 25.4 Å². The molecular formula is C19H24FN3O2. The minimum Gasteiger partial charge on any atom is -0.494 e. The number of methoxy groups -OCH3 is 1. The van der Waals surface area contributed by atoms with E-state index in [2.05, 4.69) is 5.10 Å². The number of nitrogens with zero attached hydrogens (tertiary/aromatic N) is 3. The van der Waals surface area contributed by atoms with E-state index >= 15 is 0 Å². The van der Waals surface area contributed by atoms with E-state index in [1.807, 2.05) is 27.9 Å². The molecule has 0 spiro atoms. The van der Waals surface area contributed by atoms with Gasteiger partial charge in [-0.1, -0.05) is 6.07 Å². The van der Waals surface area contributed by atoms with Crippen molar-refractivity contribution in [2.24, 2.45) is 0 Å². The summed E-state index contributed by atoms with van der Waals surface area (Å²) in [4.78, 5) is 14.7. The van der Waals surface area contributed by atoms with Crippen LogP contribution in [0.4, 0.5) is 4.39 Å². The van der Waals surface area contributed by atoms with Gasteiger partial charge >= 0.3 is 0 Å². The van der Waals surface area contributed by atoms with Gasteiger partial charge < -0.3 is 9.64 Å². The molecule has 1 atom stereocenters. The minimum atomic E-state index is -0.387. The van der Waals surface area contributed by atoms with Crippen LogP contribution >= 0.6 is 0 Å². The number of aryl methyl sites for hydroxylation is 1. The Morgan fingerprint density at radius 1 is 1.40 bits per heavy atom. The second kappa shape index (κ2) is 8.14. The van der Waals surface area contributed by atoms with Gasteiger partial charge in [0.25, 0.3) is 0 Å². The third-order valence-electron chi connectivity index (χ3n) is 4.75. The lowest BCUT2D eigenvalue weighted by Crippen LogP contribution is -2.46. The highest BCUT2D eigenvalue weighted by Crippen LogP contribution is 2.22. The van der Waals surface area contributed by atoms with Gasteiger partial charge in [-0.05, 0) is 49.4 Å². The molecule has 0 radical (unpaired) electrons. The molecule has 1 saturated heterocycles. The molecule has 134 valence electrons. The second-order valence-electron chi connectivity index (χ2n) is 6.43. The standard InChI is InChI=1S/C19H24FN3O2/c1-25-18-8-6-15(13-17(18)20)7-9-19(24)23-12-3-2-5-16(23)14-22-11-4-10-21-22/h4,6,8,10-11,13,16H,2-3,5,7,9,12,14H2,1H3. The summed E-state index contributed by atoms with van der Waals surface area (Å²) < 4.78 is 20.6. The number of hydrogen-bond acceptors (Lipinski definition) is 3. The maximum atomic E-state index is 13.8. The Kier molecular flexibility index (Phi) is 5.68. The van der Waals surface area contributed by atoms with Gasteiger partial charge in [-0.3, -0.25) is 9.48 Å². The minimum absolute atomic E-state index is 0.132. The van der Waals surface area contributed by atoms with E-state index in [-0.39, 0.29) is 23.5 Å². The Hall–Kier alpha value is -2.37. The summed E-state index contributed by atoms with van der Waals surface area (Å²) in [6.07, 6.45) is 7.79. The average molecular weight is 345 g/mol. The van der Waals surface area contributed by atoms with Crippen LogP contribution in [0.3, 0.4) is 0 Å². The van der Waals surface area contributed by atoms with Crippen molar-refractivity contribution in [3.8, 4) is 5.75 Å². The highest BCUT2D eigenvalue weighted by atomic mass is 19.1. The zero-order valence-corrected chi connectivity index (χ0v) is 14.5. The first-order valence-corrected chi connectivity index (χ1v) is 8.76. The van der Waals surface area contributed by atoms with E-state index in [0.29, 0.717) is 12.8 Å². The number of ether oxygens (including phenoxy) is 1. The van der Waals surface area contributed by atoms with Crippen LogP contribution in [0, 0.1) is 5.82 Å². The van der Waals surface area contributed by atoms with Crippen LogP contribution in [0.1, 0.15) is 31.2 Å². The molecule has 2 aromatic rings. The van der Waals surface area contributed by atoms with Gasteiger partial charge in [0.05, 0.1) is 19.7 Å². The van der Waals surface area contributed by atoms with Crippen LogP contribution in [0.25, 0.3) is 0 Å². The van der Waals surface area contributed by atoms with E-state index in [9.17, 15) is 9.18 Å². The molecule has 1 aromatic heterocycles. The molecule has 1 unspecified atom stereocenters. The van der Waals surface area contributed by atoms with Gasteiger partial charge in [-0.25, -0.2) is 4.39 Å². The molecule has 6 heteroatoms. The molecule has 3 rings (SSSR count). The van der Waals surface area contributed by atoms with Crippen LogP contribution < -0.4 is 4.74 Å². The molecule has 1 amide bonds. The number of amides is 1. The summed E-state index contributed by atoms with van der Waals surface area (Å²) in [5.74, 6) is -0.0274. The predicted molar refractivity (Wildman–Crippen MR) is 92.9 cm³/mol. The highest BCUT2D eigenvalue weighted by Gasteiger charge is 2.26. The molecule has 5 nitrogen and oxygen atoms in total. The molecule has 0 aliphatic carbocycles. The molecular weight excluding hydrogens is 321 g/mol. The van der Waals surface area contributed by atoms with Gasteiger partial charge in [-0.15, -0.1) is 0 Å². The summed E-state index contributed by atoms with van der Waals surface area (Å²) in [6.45, 7) is 1.53. The van der Waals surface area contributed by atoms with Crippen molar-refractivity contribution in [3.05, 3.63) is 48.0 Å². The normalized spacial score (nSPS) is 17.5. The quantitative estimate of drug-likeness (QED) is 0.808. The number of aromatic nitrogens is 2. The molecule has 25 heavy (non-hydrogen) atoms. The molecule has 0 saturated carbocycles.